The Hall–Kier alpha value is -3.26. The Labute approximate surface area is 264 Å². The Morgan fingerprint density at radius 1 is 0.977 bits per heavy atom. The molecule has 10 N–H and O–H groups in total. The van der Waals surface area contributed by atoms with Gasteiger partial charge in [-0.05, 0) is 76.1 Å². The van der Waals surface area contributed by atoms with Crippen molar-refractivity contribution in [2.45, 2.75) is 96.1 Å². The number of nitrogens with two attached hydrogens (primary N) is 2. The fourth-order valence-electron chi connectivity index (χ4n) is 4.66. The van der Waals surface area contributed by atoms with Crippen LogP contribution in [0.3, 0.4) is 0 Å². The Balaban J connectivity index is 2.25. The van der Waals surface area contributed by atoms with Gasteiger partial charge in [0, 0.05) is 30.5 Å². The van der Waals surface area contributed by atoms with Crippen LogP contribution in [0.2, 0.25) is 5.02 Å². The second kappa shape index (κ2) is 18.5. The zero-order valence-corrected chi connectivity index (χ0v) is 26.7. The predicted octanol–water partition coefficient (Wildman–Crippen LogP) is 0.670. The van der Waals surface area contributed by atoms with Crippen molar-refractivity contribution in [3.63, 3.8) is 0 Å². The normalized spacial score (nSPS) is 23.5. The molecule has 0 saturated carbocycles. The van der Waals surface area contributed by atoms with Gasteiger partial charge < -0.3 is 38.1 Å². The maximum atomic E-state index is 13.7. The molecule has 1 aliphatic heterocycles. The number of rotatable bonds is 8. The van der Waals surface area contributed by atoms with Gasteiger partial charge in [-0.25, -0.2) is 0 Å². The monoisotopic (exact) mass is 636 g/mol. The summed E-state index contributed by atoms with van der Waals surface area (Å²) in [6.07, 6.45) is 2.50. The minimum Gasteiger partial charge on any atom is -0.354 e. The first-order chi connectivity index (χ1) is 20.8. The van der Waals surface area contributed by atoms with Gasteiger partial charge in [-0.2, -0.15) is 0 Å². The standard InChI is InChI=1S/C30H49ClN8O5/c1-19(2)25(41)39-30(3)15-5-7-17-35-27(43)24(20-11-13-21(31)14-12-20)38-23(40)10-4-6-16-34-26(42)22(37-28(30)44)9-8-18-36-29(32)33/h11-14,19,22,24,29,36H,4-10,15-18,32-33H2,1-3H3,(H,34,42)(H,35,43)(H,37,44)(H,38,40)(H,39,41). The van der Waals surface area contributed by atoms with E-state index >= 15 is 0 Å². The molecule has 13 nitrogen and oxygen atoms in total. The highest BCUT2D eigenvalue weighted by Gasteiger charge is 2.37. The lowest BCUT2D eigenvalue weighted by Gasteiger charge is -2.32. The Kier molecular flexibility index (Phi) is 15.5. The molecule has 1 aliphatic rings. The van der Waals surface area contributed by atoms with Crippen LogP contribution in [0.4, 0.5) is 0 Å². The molecule has 1 saturated heterocycles. The number of amides is 5. The highest BCUT2D eigenvalue weighted by molar-refractivity contribution is 6.30. The first kappa shape index (κ1) is 36.9. The first-order valence-electron chi connectivity index (χ1n) is 15.3. The maximum Gasteiger partial charge on any atom is 0.247 e. The van der Waals surface area contributed by atoms with E-state index in [9.17, 15) is 24.0 Å². The largest absolute Gasteiger partial charge is 0.354 e. The maximum absolute atomic E-state index is 13.7. The van der Waals surface area contributed by atoms with Crippen LogP contribution in [0.15, 0.2) is 24.3 Å². The Bertz CT molecular complexity index is 1120. The molecule has 44 heavy (non-hydrogen) atoms. The molecule has 1 heterocycles. The van der Waals surface area contributed by atoms with Crippen LogP contribution in [-0.4, -0.2) is 67.0 Å². The summed E-state index contributed by atoms with van der Waals surface area (Å²) in [6, 6.07) is 4.92. The van der Waals surface area contributed by atoms with Gasteiger partial charge in [0.05, 0.1) is 0 Å². The molecule has 2 rings (SSSR count). The number of nitrogens with one attached hydrogen (secondary N) is 6. The van der Waals surface area contributed by atoms with E-state index in [2.05, 4.69) is 31.9 Å². The predicted molar refractivity (Wildman–Crippen MR) is 169 cm³/mol. The van der Waals surface area contributed by atoms with Crippen molar-refractivity contribution in [1.82, 2.24) is 31.9 Å². The average molecular weight is 637 g/mol. The van der Waals surface area contributed by atoms with Gasteiger partial charge in [0.25, 0.3) is 0 Å². The molecule has 14 heteroatoms. The molecule has 1 aromatic carbocycles. The molecule has 0 aromatic heterocycles. The molecule has 0 spiro atoms. The van der Waals surface area contributed by atoms with Crippen LogP contribution in [0.1, 0.15) is 83.7 Å². The minimum absolute atomic E-state index is 0.159. The summed E-state index contributed by atoms with van der Waals surface area (Å²) >= 11 is 6.02. The minimum atomic E-state index is -1.30. The summed E-state index contributed by atoms with van der Waals surface area (Å²) in [5.74, 6) is -2.16. The molecule has 1 aromatic rings. The van der Waals surface area contributed by atoms with Crippen molar-refractivity contribution in [1.29, 1.82) is 0 Å². The Morgan fingerprint density at radius 2 is 1.61 bits per heavy atom. The molecule has 5 amide bonds. The summed E-state index contributed by atoms with van der Waals surface area (Å²) < 4.78 is 0. The number of carbonyl (C=O) groups is 5. The summed E-state index contributed by atoms with van der Waals surface area (Å²) in [5.41, 5.74) is 10.4. The summed E-state index contributed by atoms with van der Waals surface area (Å²) in [7, 11) is 0. The molecule has 3 atom stereocenters. The van der Waals surface area contributed by atoms with Gasteiger partial charge in [0.2, 0.25) is 29.5 Å². The fraction of sp³-hybridized carbons (Fsp3) is 0.633. The third-order valence-corrected chi connectivity index (χ3v) is 7.65. The zero-order chi connectivity index (χ0) is 32.7. The van der Waals surface area contributed by atoms with Crippen LogP contribution in [-0.2, 0) is 24.0 Å². The Morgan fingerprint density at radius 3 is 2.25 bits per heavy atom. The van der Waals surface area contributed by atoms with E-state index in [0.717, 1.165) is 0 Å². The number of benzene rings is 1. The summed E-state index contributed by atoms with van der Waals surface area (Å²) in [4.78, 5) is 65.5. The van der Waals surface area contributed by atoms with Crippen molar-refractivity contribution < 1.29 is 24.0 Å². The number of carbonyl (C=O) groups excluding carboxylic acids is 5. The van der Waals surface area contributed by atoms with Crippen molar-refractivity contribution in [2.24, 2.45) is 17.4 Å². The fourth-order valence-corrected chi connectivity index (χ4v) is 4.79. The van der Waals surface area contributed by atoms with Gasteiger partial charge in [-0.3, -0.25) is 29.3 Å². The van der Waals surface area contributed by atoms with E-state index in [4.69, 9.17) is 23.1 Å². The van der Waals surface area contributed by atoms with E-state index in [1.165, 1.54) is 0 Å². The van der Waals surface area contributed by atoms with Crippen LogP contribution in [0, 0.1) is 5.92 Å². The highest BCUT2D eigenvalue weighted by Crippen LogP contribution is 2.19. The third-order valence-electron chi connectivity index (χ3n) is 7.40. The van der Waals surface area contributed by atoms with E-state index in [1.54, 1.807) is 45.0 Å². The molecule has 0 aliphatic carbocycles. The van der Waals surface area contributed by atoms with Gasteiger partial charge in [-0.15, -0.1) is 0 Å². The number of hydrogen-bond donors (Lipinski definition) is 8. The second-order valence-corrected chi connectivity index (χ2v) is 12.1. The summed E-state index contributed by atoms with van der Waals surface area (Å²) in [5, 5.41) is 17.6. The summed E-state index contributed by atoms with van der Waals surface area (Å²) in [6.45, 7) is 6.12. The van der Waals surface area contributed by atoms with E-state index < -0.39 is 29.8 Å². The van der Waals surface area contributed by atoms with Crippen molar-refractivity contribution in [2.75, 3.05) is 19.6 Å². The third kappa shape index (κ3) is 12.8. The average Bonchev–Trinajstić information content (AvgIpc) is 2.96. The van der Waals surface area contributed by atoms with Crippen molar-refractivity contribution >= 4 is 41.1 Å². The van der Waals surface area contributed by atoms with E-state index in [0.29, 0.717) is 55.7 Å². The molecular formula is C30H49ClN8O5. The smallest absolute Gasteiger partial charge is 0.247 e. The first-order valence-corrected chi connectivity index (χ1v) is 15.7. The lowest BCUT2D eigenvalue weighted by Crippen LogP contribution is -2.61. The SMILES string of the molecule is CC(C)C(=O)NC1(C)CCCCNC(=O)C(c2ccc(Cl)cc2)NC(=O)CCCCNC(=O)C(CCCNC(N)N)NC1=O. The number of halogens is 1. The topological polar surface area (TPSA) is 210 Å². The van der Waals surface area contributed by atoms with Crippen LogP contribution in [0.25, 0.3) is 0 Å². The molecular weight excluding hydrogens is 588 g/mol. The quantitative estimate of drug-likeness (QED) is 0.150. The van der Waals surface area contributed by atoms with Crippen molar-refractivity contribution in [3.8, 4) is 0 Å². The van der Waals surface area contributed by atoms with Crippen molar-refractivity contribution in [3.05, 3.63) is 34.9 Å². The van der Waals surface area contributed by atoms with Gasteiger partial charge >= 0.3 is 0 Å². The van der Waals surface area contributed by atoms with Crippen LogP contribution in [0.5, 0.6) is 0 Å². The molecule has 3 unspecified atom stereocenters. The zero-order valence-electron chi connectivity index (χ0n) is 26.0. The van der Waals surface area contributed by atoms with Gasteiger partial charge in [0.15, 0.2) is 0 Å². The molecule has 246 valence electrons. The van der Waals surface area contributed by atoms with E-state index in [-0.39, 0.29) is 55.5 Å². The number of hydrogen-bond acceptors (Lipinski definition) is 8. The molecule has 1 fully saturated rings. The van der Waals surface area contributed by atoms with Gasteiger partial charge in [0.1, 0.15) is 23.9 Å². The molecule has 0 radical (unpaired) electrons. The second-order valence-electron chi connectivity index (χ2n) is 11.7. The van der Waals surface area contributed by atoms with Gasteiger partial charge in [-0.1, -0.05) is 37.6 Å². The lowest BCUT2D eigenvalue weighted by atomic mass is 9.91. The van der Waals surface area contributed by atoms with Crippen LogP contribution < -0.4 is 43.4 Å². The van der Waals surface area contributed by atoms with E-state index in [1.807, 2.05) is 0 Å². The van der Waals surface area contributed by atoms with Crippen LogP contribution >= 0.6 is 11.6 Å². The highest BCUT2D eigenvalue weighted by atomic mass is 35.5. The lowest BCUT2D eigenvalue weighted by molar-refractivity contribution is -0.136. The molecule has 0 bridgehead atoms.